The van der Waals surface area contributed by atoms with Gasteiger partial charge in [0.25, 0.3) is 5.56 Å². The fraction of sp³-hybridized carbons (Fsp3) is 0.389. The maximum absolute atomic E-state index is 14.0. The van der Waals surface area contributed by atoms with Crippen molar-refractivity contribution in [3.05, 3.63) is 58.5 Å². The highest BCUT2D eigenvalue weighted by molar-refractivity contribution is 5.84. The van der Waals surface area contributed by atoms with Crippen LogP contribution >= 0.6 is 0 Å². The van der Waals surface area contributed by atoms with Crippen LogP contribution in [0, 0.1) is 11.7 Å². The molecule has 0 aliphatic heterocycles. The van der Waals surface area contributed by atoms with Crippen molar-refractivity contribution in [2.24, 2.45) is 5.92 Å². The zero-order chi connectivity index (χ0) is 17.8. The van der Waals surface area contributed by atoms with Crippen molar-refractivity contribution in [3.63, 3.8) is 0 Å². The molecule has 1 aliphatic rings. The second-order valence-electron chi connectivity index (χ2n) is 6.21. The van der Waals surface area contributed by atoms with Crippen LogP contribution in [0.2, 0.25) is 0 Å². The summed E-state index contributed by atoms with van der Waals surface area (Å²) in [7, 11) is 1.21. The molecule has 1 amide bonds. The number of methoxy groups -OCH3 is 1. The number of aromatic nitrogens is 2. The number of hydrogen-bond acceptors (Lipinski definition) is 4. The summed E-state index contributed by atoms with van der Waals surface area (Å²) < 4.78 is 20.1. The Morgan fingerprint density at radius 2 is 2.28 bits per heavy atom. The molecule has 6 nitrogen and oxygen atoms in total. The molecule has 0 spiro atoms. The van der Waals surface area contributed by atoms with Crippen molar-refractivity contribution in [2.45, 2.75) is 31.7 Å². The average molecular weight is 345 g/mol. The number of ether oxygens (including phenoxy) is 1. The maximum atomic E-state index is 14.0. The Balaban J connectivity index is 1.94. The van der Waals surface area contributed by atoms with Gasteiger partial charge in [0.1, 0.15) is 5.82 Å². The van der Waals surface area contributed by atoms with Gasteiger partial charge < -0.3 is 9.30 Å². The van der Waals surface area contributed by atoms with Crippen LogP contribution < -0.4 is 10.9 Å². The predicted octanol–water partition coefficient (Wildman–Crippen LogP) is 3.34. The minimum Gasteiger partial charge on any atom is -0.453 e. The maximum Gasteiger partial charge on any atom is 0.411 e. The van der Waals surface area contributed by atoms with Crippen molar-refractivity contribution in [1.82, 2.24) is 9.55 Å². The van der Waals surface area contributed by atoms with E-state index in [9.17, 15) is 14.0 Å². The van der Waals surface area contributed by atoms with Crippen LogP contribution in [0.15, 0.2) is 41.6 Å². The molecule has 1 heterocycles. The third kappa shape index (κ3) is 4.23. The number of anilines is 1. The molecule has 1 saturated carbocycles. The molecular formula is C18H20FN3O3. The lowest BCUT2D eigenvalue weighted by Crippen LogP contribution is -2.25. The number of carbonyl (C=O) groups excluding carboxylic acids is 1. The quantitative estimate of drug-likeness (QED) is 0.871. The van der Waals surface area contributed by atoms with Crippen LogP contribution in [0.1, 0.15) is 37.3 Å². The number of carbonyl (C=O) groups is 1. The highest BCUT2D eigenvalue weighted by Gasteiger charge is 2.25. The lowest BCUT2D eigenvalue weighted by atomic mass is 9.99. The Labute approximate surface area is 144 Å². The monoisotopic (exact) mass is 345 g/mol. The topological polar surface area (TPSA) is 73.2 Å². The van der Waals surface area contributed by atoms with Crippen LogP contribution in [0.5, 0.6) is 0 Å². The van der Waals surface area contributed by atoms with Crippen molar-refractivity contribution >= 4 is 11.8 Å². The molecular weight excluding hydrogens is 325 g/mol. The molecule has 1 unspecified atom stereocenters. The molecule has 1 atom stereocenters. The van der Waals surface area contributed by atoms with Gasteiger partial charge in [-0.05, 0) is 36.5 Å². The van der Waals surface area contributed by atoms with Crippen LogP contribution in [-0.2, 0) is 4.74 Å². The number of benzene rings is 1. The number of halogens is 1. The first kappa shape index (κ1) is 17.1. The zero-order valence-electron chi connectivity index (χ0n) is 13.9. The summed E-state index contributed by atoms with van der Waals surface area (Å²) in [6.45, 7) is 0. The molecule has 1 N–H and O–H groups in total. The Kier molecular flexibility index (Phi) is 5.11. The SMILES string of the molecule is COC(=O)Nc1cc(C(CCC2CC2)n2ccncc2=O)ccc1F. The summed E-state index contributed by atoms with van der Waals surface area (Å²) in [6.07, 6.45) is 7.91. The Morgan fingerprint density at radius 3 is 2.96 bits per heavy atom. The van der Waals surface area contributed by atoms with Gasteiger partial charge in [-0.15, -0.1) is 0 Å². The summed E-state index contributed by atoms with van der Waals surface area (Å²) in [6, 6.07) is 4.24. The first-order valence-electron chi connectivity index (χ1n) is 8.25. The summed E-state index contributed by atoms with van der Waals surface area (Å²) in [5.41, 5.74) is 0.569. The second kappa shape index (κ2) is 7.46. The summed E-state index contributed by atoms with van der Waals surface area (Å²) in [5.74, 6) is 0.144. The number of hydrogen-bond donors (Lipinski definition) is 1. The molecule has 25 heavy (non-hydrogen) atoms. The fourth-order valence-corrected chi connectivity index (χ4v) is 2.89. The van der Waals surface area contributed by atoms with Gasteiger partial charge in [0.2, 0.25) is 0 Å². The molecule has 3 rings (SSSR count). The van der Waals surface area contributed by atoms with E-state index in [-0.39, 0.29) is 17.3 Å². The van der Waals surface area contributed by atoms with Crippen LogP contribution in [0.4, 0.5) is 14.9 Å². The van der Waals surface area contributed by atoms with E-state index in [0.29, 0.717) is 5.92 Å². The minimum atomic E-state index is -0.744. The van der Waals surface area contributed by atoms with Gasteiger partial charge in [-0.2, -0.15) is 0 Å². The van der Waals surface area contributed by atoms with Gasteiger partial charge >= 0.3 is 6.09 Å². The van der Waals surface area contributed by atoms with E-state index in [1.54, 1.807) is 29.1 Å². The van der Waals surface area contributed by atoms with Crippen LogP contribution in [0.3, 0.4) is 0 Å². The first-order chi connectivity index (χ1) is 12.1. The Hall–Kier alpha value is -2.70. The van der Waals surface area contributed by atoms with Crippen molar-refractivity contribution in [2.75, 3.05) is 12.4 Å². The molecule has 0 radical (unpaired) electrons. The van der Waals surface area contributed by atoms with Crippen molar-refractivity contribution in [1.29, 1.82) is 0 Å². The lowest BCUT2D eigenvalue weighted by Gasteiger charge is -2.21. The highest BCUT2D eigenvalue weighted by Crippen LogP contribution is 2.37. The van der Waals surface area contributed by atoms with Crippen LogP contribution in [-0.4, -0.2) is 22.8 Å². The molecule has 132 valence electrons. The normalized spacial score (nSPS) is 14.8. The molecule has 2 aromatic rings. The van der Waals surface area contributed by atoms with Gasteiger partial charge in [-0.3, -0.25) is 15.1 Å². The Morgan fingerprint density at radius 1 is 1.48 bits per heavy atom. The zero-order valence-corrected chi connectivity index (χ0v) is 13.9. The van der Waals surface area contributed by atoms with E-state index < -0.39 is 11.9 Å². The predicted molar refractivity (Wildman–Crippen MR) is 91.0 cm³/mol. The molecule has 0 saturated heterocycles. The van der Waals surface area contributed by atoms with E-state index in [4.69, 9.17) is 0 Å². The van der Waals surface area contributed by atoms with Crippen LogP contribution in [0.25, 0.3) is 0 Å². The van der Waals surface area contributed by atoms with E-state index in [0.717, 1.165) is 18.4 Å². The first-order valence-corrected chi connectivity index (χ1v) is 8.25. The standard InChI is InChI=1S/C18H20FN3O3/c1-25-18(24)21-15-10-13(5-6-14(15)19)16(7-4-12-2-3-12)22-9-8-20-11-17(22)23/h5-6,8-12,16H,2-4,7H2,1H3,(H,21,24). The summed E-state index contributed by atoms with van der Waals surface area (Å²) in [5, 5.41) is 2.36. The van der Waals surface area contributed by atoms with Crippen molar-refractivity contribution < 1.29 is 13.9 Å². The number of nitrogens with zero attached hydrogens (tertiary/aromatic N) is 2. The minimum absolute atomic E-state index is 0.0304. The molecule has 7 heteroatoms. The highest BCUT2D eigenvalue weighted by atomic mass is 19.1. The molecule has 1 aliphatic carbocycles. The van der Waals surface area contributed by atoms with Gasteiger partial charge in [0.05, 0.1) is 25.0 Å². The smallest absolute Gasteiger partial charge is 0.411 e. The van der Waals surface area contributed by atoms with E-state index in [2.05, 4.69) is 15.0 Å². The van der Waals surface area contributed by atoms with Gasteiger partial charge in [-0.25, -0.2) is 9.18 Å². The van der Waals surface area contributed by atoms with E-state index >= 15 is 0 Å². The third-order valence-corrected chi connectivity index (χ3v) is 4.43. The largest absolute Gasteiger partial charge is 0.453 e. The second-order valence-corrected chi connectivity index (χ2v) is 6.21. The number of nitrogens with one attached hydrogen (secondary N) is 1. The molecule has 1 fully saturated rings. The van der Waals surface area contributed by atoms with Gasteiger partial charge in [-0.1, -0.05) is 18.9 Å². The number of rotatable bonds is 6. The Bertz CT molecular complexity index is 817. The fourth-order valence-electron chi connectivity index (χ4n) is 2.89. The summed E-state index contributed by atoms with van der Waals surface area (Å²) >= 11 is 0. The van der Waals surface area contributed by atoms with Gasteiger partial charge in [0, 0.05) is 12.4 Å². The van der Waals surface area contributed by atoms with E-state index in [1.807, 2.05) is 0 Å². The lowest BCUT2D eigenvalue weighted by molar-refractivity contribution is 0.187. The molecule has 1 aromatic carbocycles. The number of amides is 1. The average Bonchev–Trinajstić information content (AvgIpc) is 3.43. The summed E-state index contributed by atoms with van der Waals surface area (Å²) in [4.78, 5) is 27.4. The molecule has 0 bridgehead atoms. The van der Waals surface area contributed by atoms with Crippen molar-refractivity contribution in [3.8, 4) is 0 Å². The van der Waals surface area contributed by atoms with Gasteiger partial charge in [0.15, 0.2) is 0 Å². The molecule has 1 aromatic heterocycles. The third-order valence-electron chi connectivity index (χ3n) is 4.43. The van der Waals surface area contributed by atoms with E-state index in [1.165, 1.54) is 32.2 Å².